The Morgan fingerprint density at radius 3 is 2.18 bits per heavy atom. The summed E-state index contributed by atoms with van der Waals surface area (Å²) in [6.07, 6.45) is 3.83. The molecule has 0 atom stereocenters. The van der Waals surface area contributed by atoms with Crippen molar-refractivity contribution in [3.05, 3.63) is 95.4 Å². The van der Waals surface area contributed by atoms with Gasteiger partial charge in [0.25, 0.3) is 0 Å². The minimum Gasteiger partial charge on any atom is -0.460 e. The molecule has 0 aliphatic rings. The number of aliphatic imine (C=N–C) groups is 1. The first kappa shape index (κ1) is 14.1. The Kier molecular flexibility index (Phi) is 4.30. The molecule has 2 aromatic carbocycles. The fourth-order valence-corrected chi connectivity index (χ4v) is 2.17. The van der Waals surface area contributed by atoms with Gasteiger partial charge in [0.15, 0.2) is 0 Å². The molecule has 0 saturated carbocycles. The van der Waals surface area contributed by atoms with E-state index in [1.807, 2.05) is 55.5 Å². The van der Waals surface area contributed by atoms with Crippen molar-refractivity contribution in [1.29, 1.82) is 0 Å². The van der Waals surface area contributed by atoms with Crippen LogP contribution in [-0.2, 0) is 0 Å². The number of furan rings is 1. The topological polar surface area (TPSA) is 25.5 Å². The number of rotatable bonds is 4. The first-order valence-corrected chi connectivity index (χ1v) is 7.24. The number of hydrogen-bond acceptors (Lipinski definition) is 2. The molecule has 0 bridgehead atoms. The lowest BCUT2D eigenvalue weighted by atomic mass is 10.1. The van der Waals surface area contributed by atoms with Crippen LogP contribution in [0, 0.1) is 6.92 Å². The highest BCUT2D eigenvalue weighted by molar-refractivity contribution is 5.88. The van der Waals surface area contributed by atoms with Crippen LogP contribution in [0.25, 0.3) is 11.8 Å². The van der Waals surface area contributed by atoms with Gasteiger partial charge in [-0.2, -0.15) is 0 Å². The highest BCUT2D eigenvalue weighted by Crippen LogP contribution is 2.19. The number of aryl methyl sites for hydroxylation is 1. The van der Waals surface area contributed by atoms with Crippen molar-refractivity contribution in [3.8, 4) is 0 Å². The largest absolute Gasteiger partial charge is 0.460 e. The van der Waals surface area contributed by atoms with E-state index in [2.05, 4.69) is 35.3 Å². The van der Waals surface area contributed by atoms with E-state index in [-0.39, 0.29) is 0 Å². The number of nitrogens with zero attached hydrogens (tertiary/aromatic N) is 1. The minimum atomic E-state index is 0.757. The molecular formula is C20H17NO. The third-order valence-corrected chi connectivity index (χ3v) is 3.26. The average molecular weight is 287 g/mol. The summed E-state index contributed by atoms with van der Waals surface area (Å²) in [4.78, 5) is 4.62. The predicted molar refractivity (Wildman–Crippen MR) is 91.8 cm³/mol. The molecule has 0 fully saturated rings. The molecule has 1 aromatic heterocycles. The molecular weight excluding hydrogens is 270 g/mol. The lowest BCUT2D eigenvalue weighted by molar-refractivity contribution is 0.528. The summed E-state index contributed by atoms with van der Waals surface area (Å²) < 4.78 is 5.54. The zero-order valence-corrected chi connectivity index (χ0v) is 12.4. The first-order valence-electron chi connectivity index (χ1n) is 7.24. The first-order chi connectivity index (χ1) is 10.8. The molecule has 0 N–H and O–H groups in total. The Labute approximate surface area is 130 Å². The Bertz CT molecular complexity index is 783. The maximum atomic E-state index is 5.54. The Morgan fingerprint density at radius 2 is 1.55 bits per heavy atom. The van der Waals surface area contributed by atoms with Gasteiger partial charge in [-0.15, -0.1) is 0 Å². The molecule has 108 valence electrons. The molecule has 0 spiro atoms. The van der Waals surface area contributed by atoms with E-state index in [4.69, 9.17) is 4.42 Å². The Morgan fingerprint density at radius 1 is 0.864 bits per heavy atom. The average Bonchev–Trinajstić information content (AvgIpc) is 2.99. The van der Waals surface area contributed by atoms with E-state index in [0.717, 1.165) is 28.3 Å². The van der Waals surface area contributed by atoms with Gasteiger partial charge in [0, 0.05) is 5.56 Å². The van der Waals surface area contributed by atoms with E-state index < -0.39 is 0 Å². The zero-order chi connectivity index (χ0) is 15.2. The molecule has 0 aliphatic heterocycles. The van der Waals surface area contributed by atoms with Crippen LogP contribution in [0.5, 0.6) is 0 Å². The van der Waals surface area contributed by atoms with Crippen LogP contribution >= 0.6 is 0 Å². The van der Waals surface area contributed by atoms with Gasteiger partial charge in [-0.05, 0) is 30.7 Å². The summed E-state index contributed by atoms with van der Waals surface area (Å²) in [6.45, 7) is 1.93. The van der Waals surface area contributed by atoms with Crippen molar-refractivity contribution < 1.29 is 4.42 Å². The van der Waals surface area contributed by atoms with Crippen LogP contribution in [-0.4, -0.2) is 6.21 Å². The summed E-state index contributed by atoms with van der Waals surface area (Å²) in [5, 5.41) is 0. The van der Waals surface area contributed by atoms with Gasteiger partial charge in [0.05, 0.1) is 11.9 Å². The van der Waals surface area contributed by atoms with Gasteiger partial charge in [-0.1, -0.05) is 60.7 Å². The molecule has 3 aromatic rings. The number of hydrogen-bond donors (Lipinski definition) is 0. The fourth-order valence-electron chi connectivity index (χ4n) is 2.17. The lowest BCUT2D eigenvalue weighted by Crippen LogP contribution is -1.84. The van der Waals surface area contributed by atoms with Crippen LogP contribution in [0.4, 0.5) is 0 Å². The van der Waals surface area contributed by atoms with Gasteiger partial charge < -0.3 is 4.42 Å². The molecule has 22 heavy (non-hydrogen) atoms. The quantitative estimate of drug-likeness (QED) is 0.478. The third-order valence-electron chi connectivity index (χ3n) is 3.26. The molecule has 1 heterocycles. The van der Waals surface area contributed by atoms with Gasteiger partial charge in [-0.25, -0.2) is 0 Å². The summed E-state index contributed by atoms with van der Waals surface area (Å²) in [5.41, 5.74) is 3.10. The van der Waals surface area contributed by atoms with E-state index in [1.54, 1.807) is 6.21 Å². The summed E-state index contributed by atoms with van der Waals surface area (Å²) in [6, 6.07) is 24.2. The minimum absolute atomic E-state index is 0.757. The molecule has 0 unspecified atom stereocenters. The Balaban J connectivity index is 1.96. The van der Waals surface area contributed by atoms with Crippen molar-refractivity contribution in [1.82, 2.24) is 0 Å². The van der Waals surface area contributed by atoms with Crippen molar-refractivity contribution in [2.75, 3.05) is 0 Å². The van der Waals surface area contributed by atoms with Crippen LogP contribution in [0.2, 0.25) is 0 Å². The van der Waals surface area contributed by atoms with E-state index in [0.29, 0.717) is 0 Å². The van der Waals surface area contributed by atoms with Crippen molar-refractivity contribution >= 4 is 18.0 Å². The van der Waals surface area contributed by atoms with Gasteiger partial charge in [0.1, 0.15) is 11.5 Å². The molecule has 0 radical (unpaired) electrons. The monoisotopic (exact) mass is 287 g/mol. The molecule has 0 saturated heterocycles. The van der Waals surface area contributed by atoms with Crippen molar-refractivity contribution in [3.63, 3.8) is 0 Å². The molecule has 0 amide bonds. The van der Waals surface area contributed by atoms with Gasteiger partial charge in [0.2, 0.25) is 0 Å². The fraction of sp³-hybridized carbons (Fsp3) is 0.0500. The van der Waals surface area contributed by atoms with E-state index in [9.17, 15) is 0 Å². The normalized spacial score (nSPS) is 12.0. The second-order valence-corrected chi connectivity index (χ2v) is 5.01. The highest BCUT2D eigenvalue weighted by atomic mass is 16.3. The molecule has 0 aliphatic carbocycles. The lowest BCUT2D eigenvalue weighted by Gasteiger charge is -2.02. The van der Waals surface area contributed by atoms with E-state index in [1.165, 1.54) is 0 Å². The van der Waals surface area contributed by atoms with Crippen LogP contribution < -0.4 is 0 Å². The molecule has 3 rings (SSSR count). The second-order valence-electron chi connectivity index (χ2n) is 5.01. The van der Waals surface area contributed by atoms with Gasteiger partial charge in [-0.3, -0.25) is 4.99 Å². The van der Waals surface area contributed by atoms with E-state index >= 15 is 0 Å². The summed E-state index contributed by atoms with van der Waals surface area (Å²) in [5.74, 6) is 1.64. The SMILES string of the molecule is Cc1ccc(C=N/C(=C\c2ccccc2)c2ccccc2)o1. The van der Waals surface area contributed by atoms with Crippen molar-refractivity contribution in [2.45, 2.75) is 6.92 Å². The zero-order valence-electron chi connectivity index (χ0n) is 12.4. The van der Waals surface area contributed by atoms with Crippen LogP contribution in [0.15, 0.2) is 82.2 Å². The van der Waals surface area contributed by atoms with Crippen LogP contribution in [0.1, 0.15) is 22.6 Å². The van der Waals surface area contributed by atoms with Gasteiger partial charge >= 0.3 is 0 Å². The van der Waals surface area contributed by atoms with Crippen LogP contribution in [0.3, 0.4) is 0 Å². The maximum absolute atomic E-state index is 5.54. The smallest absolute Gasteiger partial charge is 0.145 e. The van der Waals surface area contributed by atoms with Crippen molar-refractivity contribution in [2.24, 2.45) is 4.99 Å². The third kappa shape index (κ3) is 3.61. The highest BCUT2D eigenvalue weighted by Gasteiger charge is 2.00. The standard InChI is InChI=1S/C20H17NO/c1-16-12-13-19(22-16)15-21-20(18-10-6-3-7-11-18)14-17-8-4-2-5-9-17/h2-15H,1H3/b20-14-,21-15?. The number of benzene rings is 2. The summed E-state index contributed by atoms with van der Waals surface area (Å²) >= 11 is 0. The Hall–Kier alpha value is -2.87. The summed E-state index contributed by atoms with van der Waals surface area (Å²) in [7, 11) is 0. The second kappa shape index (κ2) is 6.72. The predicted octanol–water partition coefficient (Wildman–Crippen LogP) is 5.21. The maximum Gasteiger partial charge on any atom is 0.145 e. The molecule has 2 nitrogen and oxygen atoms in total. The molecule has 2 heteroatoms.